The van der Waals surface area contributed by atoms with Crippen molar-refractivity contribution in [1.82, 2.24) is 5.32 Å². The smallest absolute Gasteiger partial charge is 0.307 e. The molecule has 1 N–H and O–H groups in total. The van der Waals surface area contributed by atoms with E-state index in [1.165, 1.54) is 18.2 Å². The summed E-state index contributed by atoms with van der Waals surface area (Å²) in [6, 6.07) is 3.10. The molecule has 100 valence electrons. The molecule has 1 fully saturated rings. The highest BCUT2D eigenvalue weighted by Gasteiger charge is 2.36. The highest BCUT2D eigenvalue weighted by atomic mass is 35.5. The summed E-state index contributed by atoms with van der Waals surface area (Å²) in [6.07, 6.45) is -3.78. The Bertz CT molecular complexity index is 429. The molecule has 1 aromatic rings. The first-order valence-electron chi connectivity index (χ1n) is 5.63. The van der Waals surface area contributed by atoms with Gasteiger partial charge in [-0.3, -0.25) is 0 Å². The molecule has 0 aromatic heterocycles. The van der Waals surface area contributed by atoms with E-state index < -0.39 is 24.5 Å². The highest BCUT2D eigenvalue weighted by Crippen LogP contribution is 2.35. The number of alkyl halides is 3. The highest BCUT2D eigenvalue weighted by molar-refractivity contribution is 6.30. The zero-order valence-electron chi connectivity index (χ0n) is 9.40. The van der Waals surface area contributed by atoms with E-state index in [0.29, 0.717) is 0 Å². The lowest BCUT2D eigenvalue weighted by atomic mass is 10.0. The van der Waals surface area contributed by atoms with Crippen LogP contribution in [0.3, 0.4) is 0 Å². The van der Waals surface area contributed by atoms with E-state index in [9.17, 15) is 17.6 Å². The van der Waals surface area contributed by atoms with Crippen molar-refractivity contribution in [3.8, 4) is 0 Å². The Morgan fingerprint density at radius 2 is 2.00 bits per heavy atom. The standard InChI is InChI=1S/C12H12ClF4N/c13-9-3-1-2-8(11(9)14)10(6-12(15,16)17)18-7-4-5-7/h1-3,7,10,18H,4-6H2. The van der Waals surface area contributed by atoms with Crippen LogP contribution in [-0.4, -0.2) is 12.2 Å². The average molecular weight is 282 g/mol. The predicted molar refractivity (Wildman–Crippen MR) is 61.0 cm³/mol. The summed E-state index contributed by atoms with van der Waals surface area (Å²) >= 11 is 5.60. The molecule has 1 saturated carbocycles. The third kappa shape index (κ3) is 3.59. The Balaban J connectivity index is 2.23. The molecule has 0 radical (unpaired) electrons. The molecule has 0 aliphatic heterocycles. The molecular weight excluding hydrogens is 270 g/mol. The van der Waals surface area contributed by atoms with Gasteiger partial charge in [0, 0.05) is 17.6 Å². The first kappa shape index (κ1) is 13.6. The van der Waals surface area contributed by atoms with Crippen molar-refractivity contribution in [2.24, 2.45) is 0 Å². The van der Waals surface area contributed by atoms with Gasteiger partial charge in [-0.2, -0.15) is 13.2 Å². The Kier molecular flexibility index (Phi) is 3.82. The van der Waals surface area contributed by atoms with Gasteiger partial charge in [0.2, 0.25) is 0 Å². The van der Waals surface area contributed by atoms with E-state index in [0.717, 1.165) is 12.8 Å². The molecule has 0 amide bonds. The second-order valence-corrected chi connectivity index (χ2v) is 4.86. The van der Waals surface area contributed by atoms with Crippen LogP contribution >= 0.6 is 11.6 Å². The first-order valence-corrected chi connectivity index (χ1v) is 6.01. The molecule has 1 aliphatic rings. The molecule has 2 rings (SSSR count). The largest absolute Gasteiger partial charge is 0.390 e. The Hall–Kier alpha value is -0.810. The van der Waals surface area contributed by atoms with Crippen molar-refractivity contribution in [2.75, 3.05) is 0 Å². The SMILES string of the molecule is Fc1c(Cl)cccc1C(CC(F)(F)F)NC1CC1. The van der Waals surface area contributed by atoms with Crippen molar-refractivity contribution in [2.45, 2.75) is 37.5 Å². The summed E-state index contributed by atoms with van der Waals surface area (Å²) < 4.78 is 51.3. The van der Waals surface area contributed by atoms with Crippen LogP contribution in [0.25, 0.3) is 0 Å². The number of nitrogens with one attached hydrogen (secondary N) is 1. The van der Waals surface area contributed by atoms with E-state index in [1.807, 2.05) is 0 Å². The summed E-state index contributed by atoms with van der Waals surface area (Å²) in [5.74, 6) is -0.776. The van der Waals surface area contributed by atoms with Gasteiger partial charge >= 0.3 is 6.18 Å². The van der Waals surface area contributed by atoms with E-state index in [-0.39, 0.29) is 16.6 Å². The van der Waals surface area contributed by atoms with Crippen LogP contribution in [0.2, 0.25) is 5.02 Å². The lowest BCUT2D eigenvalue weighted by molar-refractivity contribution is -0.140. The summed E-state index contributed by atoms with van der Waals surface area (Å²) in [4.78, 5) is 0. The third-order valence-electron chi connectivity index (χ3n) is 2.81. The molecule has 0 saturated heterocycles. The van der Waals surface area contributed by atoms with Gasteiger partial charge in [-0.05, 0) is 18.9 Å². The quantitative estimate of drug-likeness (QED) is 0.815. The molecule has 0 heterocycles. The van der Waals surface area contributed by atoms with Crippen molar-refractivity contribution >= 4 is 11.6 Å². The molecule has 0 spiro atoms. The minimum absolute atomic E-state index is 0.0216. The lowest BCUT2D eigenvalue weighted by Crippen LogP contribution is -2.29. The van der Waals surface area contributed by atoms with Gasteiger partial charge in [-0.25, -0.2) is 4.39 Å². The van der Waals surface area contributed by atoms with Gasteiger partial charge in [-0.15, -0.1) is 0 Å². The Morgan fingerprint density at radius 1 is 1.33 bits per heavy atom. The predicted octanol–water partition coefficient (Wildman–Crippen LogP) is 4.22. The first-order chi connectivity index (χ1) is 8.37. The number of halogens is 5. The fourth-order valence-electron chi connectivity index (χ4n) is 1.81. The number of rotatable bonds is 4. The van der Waals surface area contributed by atoms with Crippen molar-refractivity contribution in [1.29, 1.82) is 0 Å². The number of benzene rings is 1. The van der Waals surface area contributed by atoms with Gasteiger partial charge in [0.1, 0.15) is 5.82 Å². The molecule has 1 unspecified atom stereocenters. The van der Waals surface area contributed by atoms with Gasteiger partial charge in [0.25, 0.3) is 0 Å². The second-order valence-electron chi connectivity index (χ2n) is 4.46. The van der Waals surface area contributed by atoms with Crippen LogP contribution in [0.4, 0.5) is 17.6 Å². The number of hydrogen-bond acceptors (Lipinski definition) is 1. The maximum absolute atomic E-state index is 13.8. The lowest BCUT2D eigenvalue weighted by Gasteiger charge is -2.21. The van der Waals surface area contributed by atoms with Crippen molar-refractivity contribution in [3.05, 3.63) is 34.6 Å². The topological polar surface area (TPSA) is 12.0 Å². The maximum Gasteiger partial charge on any atom is 0.390 e. The molecule has 1 aliphatic carbocycles. The van der Waals surface area contributed by atoms with Crippen LogP contribution < -0.4 is 5.32 Å². The molecule has 1 aromatic carbocycles. The van der Waals surface area contributed by atoms with Crippen LogP contribution in [0.1, 0.15) is 30.9 Å². The fraction of sp³-hybridized carbons (Fsp3) is 0.500. The fourth-order valence-corrected chi connectivity index (χ4v) is 2.00. The van der Waals surface area contributed by atoms with Gasteiger partial charge < -0.3 is 5.32 Å². The van der Waals surface area contributed by atoms with E-state index in [4.69, 9.17) is 11.6 Å². The van der Waals surface area contributed by atoms with Crippen LogP contribution in [-0.2, 0) is 0 Å². The summed E-state index contributed by atoms with van der Waals surface area (Å²) in [6.45, 7) is 0. The Labute approximate surface area is 107 Å². The minimum atomic E-state index is -4.35. The Morgan fingerprint density at radius 3 is 2.56 bits per heavy atom. The normalized spacial score (nSPS) is 17.8. The average Bonchev–Trinajstić information content (AvgIpc) is 3.03. The van der Waals surface area contributed by atoms with E-state index in [1.54, 1.807) is 0 Å². The second kappa shape index (κ2) is 5.05. The third-order valence-corrected chi connectivity index (χ3v) is 3.10. The summed E-state index contributed by atoms with van der Waals surface area (Å²) in [5, 5.41) is 2.66. The van der Waals surface area contributed by atoms with E-state index in [2.05, 4.69) is 5.32 Å². The molecule has 6 heteroatoms. The van der Waals surface area contributed by atoms with Gasteiger partial charge in [0.15, 0.2) is 0 Å². The van der Waals surface area contributed by atoms with Crippen LogP contribution in [0.5, 0.6) is 0 Å². The zero-order chi connectivity index (χ0) is 13.3. The molecule has 18 heavy (non-hydrogen) atoms. The zero-order valence-corrected chi connectivity index (χ0v) is 10.2. The van der Waals surface area contributed by atoms with Crippen molar-refractivity contribution < 1.29 is 17.6 Å². The summed E-state index contributed by atoms with van der Waals surface area (Å²) in [7, 11) is 0. The number of hydrogen-bond donors (Lipinski definition) is 1. The minimum Gasteiger partial charge on any atom is -0.307 e. The summed E-state index contributed by atoms with van der Waals surface area (Å²) in [5.41, 5.74) is -0.0216. The monoisotopic (exact) mass is 281 g/mol. The molecule has 1 atom stereocenters. The molecular formula is C12H12ClF4N. The van der Waals surface area contributed by atoms with Crippen LogP contribution in [0, 0.1) is 5.82 Å². The van der Waals surface area contributed by atoms with Crippen LogP contribution in [0.15, 0.2) is 18.2 Å². The van der Waals surface area contributed by atoms with E-state index >= 15 is 0 Å². The molecule has 0 bridgehead atoms. The molecule has 1 nitrogen and oxygen atoms in total. The van der Waals surface area contributed by atoms with Crippen molar-refractivity contribution in [3.63, 3.8) is 0 Å². The van der Waals surface area contributed by atoms with Gasteiger partial charge in [0.05, 0.1) is 11.4 Å². The van der Waals surface area contributed by atoms with Gasteiger partial charge in [-0.1, -0.05) is 23.7 Å². The maximum atomic E-state index is 13.8.